The summed E-state index contributed by atoms with van der Waals surface area (Å²) in [5.41, 5.74) is -1.01. The molecular weight excluding hydrogens is 369 g/mol. The predicted molar refractivity (Wildman–Crippen MR) is 54.9 cm³/mol. The minimum atomic E-state index is -4.46. The van der Waals surface area contributed by atoms with Crippen molar-refractivity contribution in [3.8, 4) is 0 Å². The number of rotatable bonds is 2. The molecule has 0 saturated heterocycles. The molecule has 0 aliphatic heterocycles. The maximum Gasteiger partial charge on any atom is 0.281 e. The molecule has 15 heavy (non-hydrogen) atoms. The van der Waals surface area contributed by atoms with Gasteiger partial charge in [0.05, 0.1) is 5.56 Å². The topological polar surface area (TPSA) is 47.0 Å². The van der Waals surface area contributed by atoms with Gasteiger partial charge < -0.3 is 0 Å². The van der Waals surface area contributed by atoms with Crippen LogP contribution in [0.5, 0.6) is 0 Å². The molecule has 84 valence electrons. The fraction of sp³-hybridized carbons (Fsp3) is 0.167. The van der Waals surface area contributed by atoms with Crippen molar-refractivity contribution in [2.75, 3.05) is 0 Å². The van der Waals surface area contributed by atoms with Gasteiger partial charge in [-0.05, 0) is 22.6 Å². The van der Waals surface area contributed by atoms with E-state index in [0.717, 1.165) is 6.20 Å². The molecule has 0 atom stereocenters. The molecule has 1 rings (SSSR count). The third-order valence-electron chi connectivity index (χ3n) is 1.43. The zero-order valence-electron chi connectivity index (χ0n) is 6.72. The lowest BCUT2D eigenvalue weighted by Crippen LogP contribution is -2.06. The summed E-state index contributed by atoms with van der Waals surface area (Å²) < 4.78 is 59.3. The molecule has 0 radical (unpaired) electrons. The second-order valence-corrected chi connectivity index (χ2v) is 6.02. The molecule has 0 aromatic carbocycles. The van der Waals surface area contributed by atoms with Gasteiger partial charge in [-0.25, -0.2) is 26.6 Å². The normalized spacial score (nSPS) is 12.1. The van der Waals surface area contributed by atoms with Crippen LogP contribution < -0.4 is 0 Å². The van der Waals surface area contributed by atoms with Gasteiger partial charge in [0.15, 0.2) is 5.82 Å². The van der Waals surface area contributed by atoms with E-state index in [1.807, 2.05) is 0 Å². The van der Waals surface area contributed by atoms with Gasteiger partial charge in [0.2, 0.25) is 5.03 Å². The number of aromatic nitrogens is 1. The molecule has 0 fully saturated rings. The van der Waals surface area contributed by atoms with E-state index in [1.165, 1.54) is 22.6 Å². The monoisotopic (exact) mass is 371 g/mol. The van der Waals surface area contributed by atoms with Crippen LogP contribution in [0, 0.1) is 9.39 Å². The number of hydrogen-bond acceptors (Lipinski definition) is 3. The Balaban J connectivity index is 3.56. The van der Waals surface area contributed by atoms with Gasteiger partial charge in [0.1, 0.15) is 0 Å². The number of pyridine rings is 1. The summed E-state index contributed by atoms with van der Waals surface area (Å²) in [6.07, 6.45) is -2.31. The van der Waals surface area contributed by atoms with Crippen molar-refractivity contribution in [3.63, 3.8) is 0 Å². The Bertz CT molecular complexity index is 493. The minimum absolute atomic E-state index is 0.163. The van der Waals surface area contributed by atoms with Crippen molar-refractivity contribution in [2.45, 2.75) is 11.5 Å². The van der Waals surface area contributed by atoms with Gasteiger partial charge in [-0.15, -0.1) is 0 Å². The molecule has 0 amide bonds. The number of halogens is 5. The fourth-order valence-corrected chi connectivity index (χ4v) is 2.27. The van der Waals surface area contributed by atoms with Crippen LogP contribution in [0.3, 0.4) is 0 Å². The van der Waals surface area contributed by atoms with Crippen LogP contribution in [-0.4, -0.2) is 13.4 Å². The van der Waals surface area contributed by atoms with Crippen molar-refractivity contribution < 1.29 is 21.6 Å². The average molecular weight is 372 g/mol. The Kier molecular flexibility index (Phi) is 3.82. The molecule has 9 heteroatoms. The number of alkyl halides is 2. The maximum absolute atomic E-state index is 13.3. The van der Waals surface area contributed by atoms with Crippen molar-refractivity contribution >= 4 is 42.3 Å². The molecule has 0 spiro atoms. The summed E-state index contributed by atoms with van der Waals surface area (Å²) in [7, 11) is 0.358. The van der Waals surface area contributed by atoms with Gasteiger partial charge in [-0.1, -0.05) is 0 Å². The fourth-order valence-electron chi connectivity index (χ4n) is 0.832. The molecule has 1 heterocycles. The summed E-state index contributed by atoms with van der Waals surface area (Å²) >= 11 is 1.43. The lowest BCUT2D eigenvalue weighted by atomic mass is 10.3. The first kappa shape index (κ1) is 13.0. The van der Waals surface area contributed by atoms with Crippen molar-refractivity contribution in [2.24, 2.45) is 0 Å². The van der Waals surface area contributed by atoms with E-state index < -0.39 is 31.9 Å². The summed E-state index contributed by atoms with van der Waals surface area (Å²) in [4.78, 5) is 3.16. The Hall–Kier alpha value is -0.0900. The molecule has 3 nitrogen and oxygen atoms in total. The molecule has 1 aromatic rings. The summed E-state index contributed by atoms with van der Waals surface area (Å²) in [6, 6.07) is 0. The third kappa shape index (κ3) is 2.72. The number of nitrogens with zero attached hydrogens (tertiary/aromatic N) is 1. The van der Waals surface area contributed by atoms with Crippen molar-refractivity contribution in [3.05, 3.63) is 21.1 Å². The van der Waals surface area contributed by atoms with Gasteiger partial charge in [-0.2, -0.15) is 0 Å². The SMILES string of the molecule is O=S(=O)(Cl)c1ncc(I)c(C(F)F)c1F. The first-order valence-corrected chi connectivity index (χ1v) is 6.70. The zero-order valence-corrected chi connectivity index (χ0v) is 10.4. The Morgan fingerprint density at radius 1 is 1.47 bits per heavy atom. The quantitative estimate of drug-likeness (QED) is 0.593. The number of hydrogen-bond donors (Lipinski definition) is 0. The average Bonchev–Trinajstić information content (AvgIpc) is 2.00. The van der Waals surface area contributed by atoms with Crippen LogP contribution in [0.4, 0.5) is 13.2 Å². The molecule has 0 saturated carbocycles. The molecule has 0 N–H and O–H groups in total. The van der Waals surface area contributed by atoms with Crippen molar-refractivity contribution in [1.82, 2.24) is 4.98 Å². The Labute approximate surface area is 101 Å². The van der Waals surface area contributed by atoms with E-state index in [4.69, 9.17) is 10.7 Å². The second kappa shape index (κ2) is 4.42. The molecule has 0 aliphatic carbocycles. The van der Waals surface area contributed by atoms with Gasteiger partial charge >= 0.3 is 0 Å². The van der Waals surface area contributed by atoms with Crippen LogP contribution >= 0.6 is 33.3 Å². The largest absolute Gasteiger partial charge is 0.281 e. The van der Waals surface area contributed by atoms with Crippen LogP contribution in [0.25, 0.3) is 0 Å². The van der Waals surface area contributed by atoms with E-state index >= 15 is 0 Å². The van der Waals surface area contributed by atoms with Crippen LogP contribution in [0.1, 0.15) is 12.0 Å². The van der Waals surface area contributed by atoms with Crippen LogP contribution in [-0.2, 0) is 9.05 Å². The van der Waals surface area contributed by atoms with E-state index in [1.54, 1.807) is 0 Å². The Morgan fingerprint density at radius 2 is 2.00 bits per heavy atom. The van der Waals surface area contributed by atoms with Crippen LogP contribution in [0.15, 0.2) is 11.2 Å². The minimum Gasteiger partial charge on any atom is -0.240 e. The highest BCUT2D eigenvalue weighted by molar-refractivity contribution is 14.1. The summed E-state index contributed by atoms with van der Waals surface area (Å²) in [5, 5.41) is -1.18. The molecule has 1 aromatic heterocycles. The standard InChI is InChI=1S/C6H2ClF3INO2S/c7-15(13,14)6-4(8)3(5(9)10)2(11)1-12-6/h1,5H. The van der Waals surface area contributed by atoms with Crippen LogP contribution in [0.2, 0.25) is 0 Å². The lowest BCUT2D eigenvalue weighted by molar-refractivity contribution is 0.144. The maximum atomic E-state index is 13.3. The van der Waals surface area contributed by atoms with E-state index in [2.05, 4.69) is 4.98 Å². The highest BCUT2D eigenvalue weighted by Gasteiger charge is 2.27. The smallest absolute Gasteiger partial charge is 0.240 e. The van der Waals surface area contributed by atoms with Gasteiger partial charge in [0.25, 0.3) is 15.5 Å². The molecule has 0 bridgehead atoms. The molecule has 0 aliphatic rings. The lowest BCUT2D eigenvalue weighted by Gasteiger charge is -2.06. The molecule has 0 unspecified atom stereocenters. The first-order chi connectivity index (χ1) is 6.75. The zero-order chi connectivity index (χ0) is 11.8. The van der Waals surface area contributed by atoms with Gasteiger partial charge in [-0.3, -0.25) is 0 Å². The molecular formula is C6H2ClF3INO2S. The third-order valence-corrected chi connectivity index (χ3v) is 3.47. The predicted octanol–water partition coefficient (Wildman–Crippen LogP) is 2.69. The highest BCUT2D eigenvalue weighted by Crippen LogP contribution is 2.30. The summed E-state index contributed by atoms with van der Waals surface area (Å²) in [6.45, 7) is 0. The van der Waals surface area contributed by atoms with E-state index in [9.17, 15) is 21.6 Å². The highest BCUT2D eigenvalue weighted by atomic mass is 127. The Morgan fingerprint density at radius 3 is 2.40 bits per heavy atom. The summed E-state index contributed by atoms with van der Waals surface area (Å²) in [5.74, 6) is -1.60. The first-order valence-electron chi connectivity index (χ1n) is 3.32. The second-order valence-electron chi connectivity index (χ2n) is 2.38. The van der Waals surface area contributed by atoms with E-state index in [-0.39, 0.29) is 3.57 Å². The van der Waals surface area contributed by atoms with Gasteiger partial charge in [0, 0.05) is 20.4 Å². The van der Waals surface area contributed by atoms with E-state index in [0.29, 0.717) is 0 Å². The van der Waals surface area contributed by atoms with Crippen molar-refractivity contribution in [1.29, 1.82) is 0 Å².